The Morgan fingerprint density at radius 2 is 0.935 bits per heavy atom. The lowest BCUT2D eigenvalue weighted by atomic mass is 10.1. The number of fused-ring (bicyclic) bond motifs is 5. The normalized spacial score (nSPS) is 14.9. The van der Waals surface area contributed by atoms with Gasteiger partial charge >= 0.3 is 0 Å². The van der Waals surface area contributed by atoms with Crippen LogP contribution in [0.4, 0.5) is 0 Å². The first kappa shape index (κ1) is 25.2. The number of carbonyl (C=O) groups excluding carboxylic acids is 4. The Bertz CT molecular complexity index is 2450. The van der Waals surface area contributed by atoms with Crippen LogP contribution in [0.3, 0.4) is 0 Å². The Balaban J connectivity index is 1.04. The Labute approximate surface area is 277 Å². The number of aromatic nitrogens is 5. The number of allylic oxidation sites excluding steroid dienone is 2. The van der Waals surface area contributed by atoms with E-state index in [4.69, 9.17) is 2.74 Å². The van der Waals surface area contributed by atoms with Gasteiger partial charge in [0.05, 0.1) is 34.3 Å². The van der Waals surface area contributed by atoms with Crippen molar-refractivity contribution in [1.82, 2.24) is 24.5 Å². The van der Waals surface area contributed by atoms with Crippen LogP contribution in [0, 0.1) is 0 Å². The topological polar surface area (TPSA) is 125 Å². The minimum absolute atomic E-state index is 0.0149. The van der Waals surface area contributed by atoms with Crippen LogP contribution >= 0.6 is 45.3 Å². The van der Waals surface area contributed by atoms with Gasteiger partial charge in [-0.15, -0.1) is 45.3 Å². The highest BCUT2D eigenvalue weighted by atomic mass is 32.1. The Morgan fingerprint density at radius 3 is 1.30 bits per heavy atom. The van der Waals surface area contributed by atoms with Crippen LogP contribution in [0.1, 0.15) is 54.4 Å². The zero-order valence-electron chi connectivity index (χ0n) is 25.3. The van der Waals surface area contributed by atoms with Crippen molar-refractivity contribution in [3.05, 3.63) is 105 Å². The van der Waals surface area contributed by atoms with E-state index >= 15 is 0 Å². The summed E-state index contributed by atoms with van der Waals surface area (Å²) in [6, 6.07) is 11.3. The standard InChI is InChI=1S/C33H15N5O4S4/c1-38-18-12-22(20-4-2-14(43-20)10-16-28(39)24-25(29(16)40)35-7-6-34-24)45-32(18)33-19(38)13-23(46-33)21-5-3-15(44-21)11-17-30(41)26-27(31(17)42)37-9-8-36-26/h2-13H,1H3/i10D,11D. The molecule has 0 unspecified atom stereocenters. The van der Waals surface area contributed by atoms with Crippen LogP contribution in [0.25, 0.3) is 52.0 Å². The number of hydrogen-bond donors (Lipinski definition) is 0. The van der Waals surface area contributed by atoms with Gasteiger partial charge in [-0.2, -0.15) is 0 Å². The van der Waals surface area contributed by atoms with Crippen LogP contribution in [0.2, 0.25) is 0 Å². The highest BCUT2D eigenvalue weighted by molar-refractivity contribution is 7.32. The van der Waals surface area contributed by atoms with Gasteiger partial charge in [0.2, 0.25) is 23.1 Å². The van der Waals surface area contributed by atoms with E-state index in [2.05, 4.69) is 36.6 Å². The third kappa shape index (κ3) is 3.96. The highest BCUT2D eigenvalue weighted by Crippen LogP contribution is 2.47. The van der Waals surface area contributed by atoms with Crippen molar-refractivity contribution in [2.24, 2.45) is 7.05 Å². The average Bonchev–Trinajstić information content (AvgIpc) is 3.95. The predicted octanol–water partition coefficient (Wildman–Crippen LogP) is 7.42. The number of hydrogen-bond acceptors (Lipinski definition) is 12. The van der Waals surface area contributed by atoms with Gasteiger partial charge in [0.25, 0.3) is 0 Å². The Kier molecular flexibility index (Phi) is 5.45. The molecule has 0 saturated heterocycles. The lowest BCUT2D eigenvalue weighted by molar-refractivity contribution is 0.0972. The molecule has 9 nitrogen and oxygen atoms in total. The number of carbonyl (C=O) groups is 4. The fourth-order valence-corrected chi connectivity index (χ4v) is 10.0. The van der Waals surface area contributed by atoms with Crippen LogP contribution < -0.4 is 0 Å². The summed E-state index contributed by atoms with van der Waals surface area (Å²) in [7, 11) is 2.00. The maximum Gasteiger partial charge on any atom is 0.217 e. The van der Waals surface area contributed by atoms with E-state index in [1.54, 1.807) is 34.8 Å². The monoisotopic (exact) mass is 675 g/mol. The van der Waals surface area contributed by atoms with E-state index in [0.29, 0.717) is 9.75 Å². The molecular formula is C33H15N5O4S4. The molecule has 0 amide bonds. The molecule has 2 aliphatic carbocycles. The molecule has 9 rings (SSSR count). The summed E-state index contributed by atoms with van der Waals surface area (Å²) in [5.41, 5.74) is 1.64. The van der Waals surface area contributed by atoms with E-state index in [1.807, 2.05) is 19.2 Å². The first-order chi connectivity index (χ1) is 23.2. The van der Waals surface area contributed by atoms with Gasteiger partial charge in [-0.3, -0.25) is 19.2 Å². The molecule has 13 heteroatoms. The van der Waals surface area contributed by atoms with Crippen LogP contribution in [-0.4, -0.2) is 47.6 Å². The fraction of sp³-hybridized carbons (Fsp3) is 0.0303. The smallest absolute Gasteiger partial charge is 0.217 e. The van der Waals surface area contributed by atoms with Gasteiger partial charge in [-0.1, -0.05) is 0 Å². The SMILES string of the molecule is [2H]C(=C1C(=O)c2nccnc2C1=O)c1ccc(-c2cc3c(s2)c2sc(-c4ccc(C([2H])=C5C(=O)c6nccnc6C5=O)s4)cc2n3C)s1. The number of aryl methyl sites for hydroxylation is 1. The number of thiophene rings is 4. The molecule has 0 aliphatic heterocycles. The number of rotatable bonds is 4. The zero-order valence-corrected chi connectivity index (χ0v) is 26.5. The molecule has 0 bridgehead atoms. The molecule has 0 aromatic carbocycles. The van der Waals surface area contributed by atoms with Crippen molar-refractivity contribution < 1.29 is 21.9 Å². The third-order valence-electron chi connectivity index (χ3n) is 7.71. The summed E-state index contributed by atoms with van der Waals surface area (Å²) >= 11 is 5.94. The molecule has 46 heavy (non-hydrogen) atoms. The maximum atomic E-state index is 12.9. The maximum absolute atomic E-state index is 12.9. The summed E-state index contributed by atoms with van der Waals surface area (Å²) in [5, 5.41) is 0. The van der Waals surface area contributed by atoms with Gasteiger partial charge in [-0.05, 0) is 48.5 Å². The van der Waals surface area contributed by atoms with Gasteiger partial charge in [0.15, 0.2) is 0 Å². The minimum Gasteiger partial charge on any atom is -0.342 e. The van der Waals surface area contributed by atoms with Crippen molar-refractivity contribution in [2.75, 3.05) is 0 Å². The summed E-state index contributed by atoms with van der Waals surface area (Å²) < 4.78 is 21.7. The van der Waals surface area contributed by atoms with Crippen LogP contribution in [0.5, 0.6) is 0 Å². The summed E-state index contributed by atoms with van der Waals surface area (Å²) in [5.74, 6) is -2.30. The van der Waals surface area contributed by atoms with Gasteiger partial charge in [0, 0.05) is 61.1 Å². The number of nitrogens with zero attached hydrogens (tertiary/aromatic N) is 5. The van der Waals surface area contributed by atoms with Gasteiger partial charge < -0.3 is 4.57 Å². The van der Waals surface area contributed by atoms with E-state index < -0.39 is 23.1 Å². The highest BCUT2D eigenvalue weighted by Gasteiger charge is 2.37. The first-order valence-corrected chi connectivity index (χ1v) is 16.9. The second-order valence-corrected chi connectivity index (χ2v) is 14.6. The minimum atomic E-state index is -0.574. The summed E-state index contributed by atoms with van der Waals surface area (Å²) in [6.45, 7) is 0. The van der Waals surface area contributed by atoms with Gasteiger partial charge in [0.1, 0.15) is 22.8 Å². The Morgan fingerprint density at radius 1 is 0.565 bits per heavy atom. The number of Topliss-reactive ketones (excluding diaryl/α,β-unsaturated/α-hetero) is 4. The first-order valence-electron chi connectivity index (χ1n) is 14.7. The zero-order chi connectivity index (χ0) is 33.0. The van der Waals surface area contributed by atoms with Crippen LogP contribution in [0.15, 0.2) is 72.3 Å². The molecule has 7 heterocycles. The van der Waals surface area contributed by atoms with E-state index in [-0.39, 0.29) is 46.0 Å². The molecule has 220 valence electrons. The molecular weight excluding hydrogens is 659 g/mol. The summed E-state index contributed by atoms with van der Waals surface area (Å²) in [4.78, 5) is 72.3. The van der Waals surface area contributed by atoms with E-state index in [1.165, 1.54) is 47.5 Å². The Hall–Kier alpha value is -5.08. The molecule has 0 spiro atoms. The van der Waals surface area contributed by atoms with Crippen molar-refractivity contribution in [2.45, 2.75) is 0 Å². The van der Waals surface area contributed by atoms with Crippen molar-refractivity contribution in [3.8, 4) is 19.5 Å². The second kappa shape index (κ2) is 9.96. The lowest BCUT2D eigenvalue weighted by Crippen LogP contribution is -2.00. The van der Waals surface area contributed by atoms with Gasteiger partial charge in [-0.25, -0.2) is 19.9 Å². The predicted molar refractivity (Wildman–Crippen MR) is 180 cm³/mol. The molecule has 7 aromatic rings. The van der Waals surface area contributed by atoms with Crippen LogP contribution in [-0.2, 0) is 7.05 Å². The van der Waals surface area contributed by atoms with Crippen molar-refractivity contribution in [3.63, 3.8) is 0 Å². The lowest BCUT2D eigenvalue weighted by Gasteiger charge is -1.94. The molecule has 0 atom stereocenters. The average molecular weight is 676 g/mol. The fourth-order valence-electron chi connectivity index (χ4n) is 5.53. The molecule has 0 fully saturated rings. The quantitative estimate of drug-likeness (QED) is 0.140. The molecule has 2 aliphatic rings. The molecule has 0 saturated carbocycles. The summed E-state index contributed by atoms with van der Waals surface area (Å²) in [6.07, 6.45) is 5.43. The van der Waals surface area contributed by atoms with E-state index in [9.17, 15) is 19.2 Å². The van der Waals surface area contributed by atoms with Crippen molar-refractivity contribution in [1.29, 1.82) is 0 Å². The molecule has 0 N–H and O–H groups in total. The van der Waals surface area contributed by atoms with Crippen molar-refractivity contribution >= 4 is 101 Å². The second-order valence-electron chi connectivity index (χ2n) is 10.4. The van der Waals surface area contributed by atoms with E-state index in [0.717, 1.165) is 39.9 Å². The number of ketones is 4. The third-order valence-corrected chi connectivity index (χ3v) is 12.5. The largest absolute Gasteiger partial charge is 0.342 e. The molecule has 7 aromatic heterocycles. The molecule has 0 radical (unpaired) electrons.